The van der Waals surface area contributed by atoms with Gasteiger partial charge in [-0.05, 0) is 51.0 Å². The fourth-order valence-corrected chi connectivity index (χ4v) is 4.06. The van der Waals surface area contributed by atoms with Gasteiger partial charge in [-0.15, -0.1) is 0 Å². The van der Waals surface area contributed by atoms with Gasteiger partial charge in [-0.25, -0.2) is 0 Å². The van der Waals surface area contributed by atoms with Crippen LogP contribution in [-0.4, -0.2) is 77.1 Å². The summed E-state index contributed by atoms with van der Waals surface area (Å²) in [4.78, 5) is 6.90. The monoisotopic (exact) mass is 368 g/mol. The molecular weight excluding hydrogens is 328 g/mol. The van der Waals surface area contributed by atoms with E-state index in [1.807, 2.05) is 7.05 Å². The molecule has 0 amide bonds. The van der Waals surface area contributed by atoms with E-state index in [0.29, 0.717) is 5.41 Å². The molecule has 1 heterocycles. The van der Waals surface area contributed by atoms with Crippen molar-refractivity contribution in [2.45, 2.75) is 51.9 Å². The summed E-state index contributed by atoms with van der Waals surface area (Å²) in [5, 5.41) is 7.06. The molecule has 2 rings (SSSR count). The second-order valence-corrected chi connectivity index (χ2v) is 7.67. The van der Waals surface area contributed by atoms with E-state index in [1.54, 1.807) is 0 Å². The van der Waals surface area contributed by atoms with Crippen LogP contribution in [0.25, 0.3) is 0 Å². The van der Waals surface area contributed by atoms with E-state index >= 15 is 0 Å². The Labute approximate surface area is 160 Å². The topological polar surface area (TPSA) is 58.1 Å². The van der Waals surface area contributed by atoms with E-state index in [-0.39, 0.29) is 0 Å². The van der Waals surface area contributed by atoms with Crippen LogP contribution in [-0.2, 0) is 9.47 Å². The molecule has 2 N–H and O–H groups in total. The number of nitrogens with one attached hydrogen (secondary N) is 2. The normalized spacial score (nSPS) is 21.1. The van der Waals surface area contributed by atoms with Gasteiger partial charge in [-0.1, -0.05) is 12.8 Å². The first-order valence-electron chi connectivity index (χ1n) is 10.6. The van der Waals surface area contributed by atoms with E-state index in [1.165, 1.54) is 45.1 Å². The molecule has 1 saturated heterocycles. The Hall–Kier alpha value is -0.850. The maximum atomic E-state index is 5.61. The number of hydrogen-bond donors (Lipinski definition) is 2. The van der Waals surface area contributed by atoms with Crippen molar-refractivity contribution in [2.75, 3.05) is 66.2 Å². The molecule has 6 heteroatoms. The van der Waals surface area contributed by atoms with Crippen molar-refractivity contribution >= 4 is 5.96 Å². The fourth-order valence-electron chi connectivity index (χ4n) is 4.06. The van der Waals surface area contributed by atoms with Crippen molar-refractivity contribution < 1.29 is 9.47 Å². The van der Waals surface area contributed by atoms with Crippen LogP contribution in [0.5, 0.6) is 0 Å². The highest BCUT2D eigenvalue weighted by Gasteiger charge is 2.33. The molecule has 0 radical (unpaired) electrons. The Morgan fingerprint density at radius 3 is 2.62 bits per heavy atom. The number of rotatable bonds is 11. The number of ether oxygens (including phenoxy) is 2. The summed E-state index contributed by atoms with van der Waals surface area (Å²) in [6.45, 7) is 10.9. The third-order valence-corrected chi connectivity index (χ3v) is 5.80. The van der Waals surface area contributed by atoms with Crippen LogP contribution in [0.1, 0.15) is 51.9 Å². The average molecular weight is 369 g/mol. The van der Waals surface area contributed by atoms with Gasteiger partial charge in [0.1, 0.15) is 0 Å². The molecule has 0 aromatic heterocycles. The van der Waals surface area contributed by atoms with Crippen molar-refractivity contribution in [3.8, 4) is 0 Å². The van der Waals surface area contributed by atoms with E-state index in [9.17, 15) is 0 Å². The lowest BCUT2D eigenvalue weighted by Gasteiger charge is -2.30. The zero-order chi connectivity index (χ0) is 18.5. The maximum Gasteiger partial charge on any atom is 0.190 e. The van der Waals surface area contributed by atoms with E-state index < -0.39 is 0 Å². The van der Waals surface area contributed by atoms with Crippen molar-refractivity contribution in [1.29, 1.82) is 0 Å². The van der Waals surface area contributed by atoms with Crippen molar-refractivity contribution in [1.82, 2.24) is 15.5 Å². The first-order valence-corrected chi connectivity index (χ1v) is 10.6. The molecule has 1 aliphatic carbocycles. The van der Waals surface area contributed by atoms with Gasteiger partial charge in [0.25, 0.3) is 0 Å². The molecule has 0 bridgehead atoms. The SMILES string of the molecule is CCOCCC1(CNC(=NC)NCCCCN2CCOCC2)CCCC1. The van der Waals surface area contributed by atoms with E-state index in [4.69, 9.17) is 9.47 Å². The summed E-state index contributed by atoms with van der Waals surface area (Å²) >= 11 is 0. The van der Waals surface area contributed by atoms with Crippen LogP contribution in [0.2, 0.25) is 0 Å². The molecule has 6 nitrogen and oxygen atoms in total. The number of aliphatic imine (C=N–C) groups is 1. The molecule has 0 aromatic carbocycles. The van der Waals surface area contributed by atoms with E-state index in [0.717, 1.165) is 65.0 Å². The average Bonchev–Trinajstić information content (AvgIpc) is 3.14. The van der Waals surface area contributed by atoms with Crippen LogP contribution in [0, 0.1) is 5.41 Å². The summed E-state index contributed by atoms with van der Waals surface area (Å²) < 4.78 is 11.0. The Kier molecular flexibility index (Phi) is 10.3. The lowest BCUT2D eigenvalue weighted by molar-refractivity contribution is 0.0372. The predicted molar refractivity (Wildman–Crippen MR) is 108 cm³/mol. The summed E-state index contributed by atoms with van der Waals surface area (Å²) in [5.74, 6) is 0.944. The van der Waals surface area contributed by atoms with Gasteiger partial charge in [-0.2, -0.15) is 0 Å². The summed E-state index contributed by atoms with van der Waals surface area (Å²) in [6, 6.07) is 0. The highest BCUT2D eigenvalue weighted by Crippen LogP contribution is 2.40. The predicted octanol–water partition coefficient (Wildman–Crippen LogP) is 2.25. The minimum absolute atomic E-state index is 0.392. The molecule has 26 heavy (non-hydrogen) atoms. The standard InChI is InChI=1S/C20H40N4O2/c1-3-25-15-10-20(8-4-5-9-20)18-23-19(21-2)22-11-6-7-12-24-13-16-26-17-14-24/h3-18H2,1-2H3,(H2,21,22,23). The van der Waals surface area contributed by atoms with Crippen molar-refractivity contribution in [2.24, 2.45) is 10.4 Å². The fraction of sp³-hybridized carbons (Fsp3) is 0.950. The molecule has 0 aromatic rings. The lowest BCUT2D eigenvalue weighted by atomic mass is 9.83. The zero-order valence-corrected chi connectivity index (χ0v) is 17.0. The third kappa shape index (κ3) is 7.80. The maximum absolute atomic E-state index is 5.61. The first kappa shape index (κ1) is 21.5. The molecule has 152 valence electrons. The van der Waals surface area contributed by atoms with Crippen LogP contribution in [0.15, 0.2) is 4.99 Å². The first-order chi connectivity index (χ1) is 12.8. The molecule has 1 saturated carbocycles. The third-order valence-electron chi connectivity index (χ3n) is 5.80. The van der Waals surface area contributed by atoms with Crippen LogP contribution < -0.4 is 10.6 Å². The molecule has 0 spiro atoms. The zero-order valence-electron chi connectivity index (χ0n) is 17.0. The van der Waals surface area contributed by atoms with Gasteiger partial charge < -0.3 is 20.1 Å². The van der Waals surface area contributed by atoms with Crippen LogP contribution in [0.3, 0.4) is 0 Å². The highest BCUT2D eigenvalue weighted by molar-refractivity contribution is 5.79. The lowest BCUT2D eigenvalue weighted by Crippen LogP contribution is -2.43. The number of nitrogens with zero attached hydrogens (tertiary/aromatic N) is 2. The van der Waals surface area contributed by atoms with Crippen LogP contribution in [0.4, 0.5) is 0 Å². The van der Waals surface area contributed by atoms with Gasteiger partial charge in [0.05, 0.1) is 13.2 Å². The second-order valence-electron chi connectivity index (χ2n) is 7.67. The number of morpholine rings is 1. The summed E-state index contributed by atoms with van der Waals surface area (Å²) in [5.41, 5.74) is 0.392. The largest absolute Gasteiger partial charge is 0.382 e. The van der Waals surface area contributed by atoms with Gasteiger partial charge in [0.15, 0.2) is 5.96 Å². The Bertz CT molecular complexity index is 391. The Morgan fingerprint density at radius 2 is 1.92 bits per heavy atom. The second kappa shape index (κ2) is 12.5. The van der Waals surface area contributed by atoms with Gasteiger partial charge in [0.2, 0.25) is 0 Å². The molecule has 1 aliphatic heterocycles. The van der Waals surface area contributed by atoms with Crippen molar-refractivity contribution in [3.05, 3.63) is 0 Å². The molecule has 2 aliphatic rings. The van der Waals surface area contributed by atoms with Gasteiger partial charge in [-0.3, -0.25) is 9.89 Å². The summed E-state index contributed by atoms with van der Waals surface area (Å²) in [6.07, 6.45) is 8.87. The Morgan fingerprint density at radius 1 is 1.15 bits per heavy atom. The minimum Gasteiger partial charge on any atom is -0.382 e. The quantitative estimate of drug-likeness (QED) is 0.333. The van der Waals surface area contributed by atoms with Crippen LogP contribution >= 0.6 is 0 Å². The number of unbranched alkanes of at least 4 members (excludes halogenated alkanes) is 1. The van der Waals surface area contributed by atoms with Gasteiger partial charge in [0, 0.05) is 46.4 Å². The van der Waals surface area contributed by atoms with E-state index in [2.05, 4.69) is 27.4 Å². The molecular formula is C20H40N4O2. The smallest absolute Gasteiger partial charge is 0.190 e. The number of hydrogen-bond acceptors (Lipinski definition) is 4. The van der Waals surface area contributed by atoms with Gasteiger partial charge >= 0.3 is 0 Å². The Balaban J connectivity index is 1.60. The van der Waals surface area contributed by atoms with Crippen molar-refractivity contribution in [3.63, 3.8) is 0 Å². The minimum atomic E-state index is 0.392. The molecule has 2 fully saturated rings. The highest BCUT2D eigenvalue weighted by atomic mass is 16.5. The number of guanidine groups is 1. The summed E-state index contributed by atoms with van der Waals surface area (Å²) in [7, 11) is 1.87. The molecule has 0 unspecified atom stereocenters. The molecule has 0 atom stereocenters.